The zero-order valence-corrected chi connectivity index (χ0v) is 13.2. The van der Waals surface area contributed by atoms with E-state index in [0.717, 1.165) is 22.0 Å². The average molecular weight is 375 g/mol. The molecular formula is C14H18INO3. The molecule has 0 aliphatic carbocycles. The Morgan fingerprint density at radius 2 is 2.11 bits per heavy atom. The summed E-state index contributed by atoms with van der Waals surface area (Å²) in [7, 11) is 0. The van der Waals surface area contributed by atoms with Crippen molar-refractivity contribution in [1.29, 1.82) is 0 Å². The Labute approximate surface area is 126 Å². The Hall–Kier alpha value is -1.11. The number of halogens is 1. The van der Waals surface area contributed by atoms with Crippen LogP contribution in [0, 0.1) is 10.5 Å². The number of aliphatic carboxylic acids is 1. The number of unbranched alkanes of at least 4 members (excludes halogenated alkanes) is 1. The maximum Gasteiger partial charge on any atom is 0.326 e. The van der Waals surface area contributed by atoms with E-state index in [4.69, 9.17) is 5.11 Å². The average Bonchev–Trinajstić information content (AvgIpc) is 2.37. The molecule has 1 rings (SSSR count). The fourth-order valence-corrected chi connectivity index (χ4v) is 2.33. The fraction of sp³-hybridized carbons (Fsp3) is 0.429. The van der Waals surface area contributed by atoms with Crippen molar-refractivity contribution in [2.24, 2.45) is 0 Å². The molecule has 0 aliphatic heterocycles. The minimum absolute atomic E-state index is 0.323. The second-order valence-corrected chi connectivity index (χ2v) is 5.52. The Morgan fingerprint density at radius 1 is 1.42 bits per heavy atom. The number of carbonyl (C=O) groups is 2. The first kappa shape index (κ1) is 15.9. The number of carboxylic acid groups (broad SMARTS) is 1. The van der Waals surface area contributed by atoms with E-state index < -0.39 is 12.0 Å². The molecule has 104 valence electrons. The zero-order chi connectivity index (χ0) is 14.4. The van der Waals surface area contributed by atoms with Crippen LogP contribution in [-0.2, 0) is 4.79 Å². The number of aryl methyl sites for hydroxylation is 1. The van der Waals surface area contributed by atoms with Gasteiger partial charge in [-0.25, -0.2) is 4.79 Å². The predicted octanol–water partition coefficient (Wildman–Crippen LogP) is 2.97. The third kappa shape index (κ3) is 4.49. The van der Waals surface area contributed by atoms with Crippen LogP contribution in [0.1, 0.15) is 42.1 Å². The van der Waals surface area contributed by atoms with Gasteiger partial charge in [-0.3, -0.25) is 4.79 Å². The molecule has 4 nitrogen and oxygen atoms in total. The minimum atomic E-state index is -0.982. The fourth-order valence-electron chi connectivity index (χ4n) is 1.72. The van der Waals surface area contributed by atoms with Gasteiger partial charge < -0.3 is 10.4 Å². The van der Waals surface area contributed by atoms with E-state index >= 15 is 0 Å². The van der Waals surface area contributed by atoms with Gasteiger partial charge in [-0.1, -0.05) is 31.9 Å². The van der Waals surface area contributed by atoms with Crippen molar-refractivity contribution in [1.82, 2.24) is 5.32 Å². The third-order valence-corrected chi connectivity index (χ3v) is 4.32. The van der Waals surface area contributed by atoms with Crippen molar-refractivity contribution in [2.45, 2.75) is 39.2 Å². The molecule has 0 saturated heterocycles. The van der Waals surface area contributed by atoms with E-state index in [1.54, 1.807) is 12.1 Å². The van der Waals surface area contributed by atoms with E-state index in [0.29, 0.717) is 12.0 Å². The van der Waals surface area contributed by atoms with Crippen molar-refractivity contribution in [3.8, 4) is 0 Å². The summed E-state index contributed by atoms with van der Waals surface area (Å²) in [5.74, 6) is -1.30. The number of carboxylic acids is 1. The lowest BCUT2D eigenvalue weighted by Crippen LogP contribution is -2.41. The van der Waals surface area contributed by atoms with Crippen LogP contribution < -0.4 is 5.32 Å². The normalized spacial score (nSPS) is 11.9. The van der Waals surface area contributed by atoms with E-state index in [2.05, 4.69) is 27.9 Å². The highest BCUT2D eigenvalue weighted by Crippen LogP contribution is 2.17. The molecule has 0 saturated carbocycles. The first-order chi connectivity index (χ1) is 8.97. The van der Waals surface area contributed by atoms with Gasteiger partial charge in [-0.05, 0) is 47.6 Å². The van der Waals surface area contributed by atoms with Gasteiger partial charge in [-0.2, -0.15) is 0 Å². The molecule has 1 atom stereocenters. The summed E-state index contributed by atoms with van der Waals surface area (Å²) in [6.07, 6.45) is 2.14. The van der Waals surface area contributed by atoms with Crippen molar-refractivity contribution < 1.29 is 14.7 Å². The molecule has 0 fully saturated rings. The van der Waals surface area contributed by atoms with Crippen LogP contribution >= 0.6 is 22.6 Å². The van der Waals surface area contributed by atoms with Gasteiger partial charge >= 0.3 is 5.97 Å². The Balaban J connectivity index is 2.82. The van der Waals surface area contributed by atoms with E-state index in [1.165, 1.54) is 0 Å². The number of carbonyl (C=O) groups excluding carboxylic acids is 1. The molecule has 0 unspecified atom stereocenters. The molecule has 0 aromatic heterocycles. The highest BCUT2D eigenvalue weighted by Gasteiger charge is 2.21. The van der Waals surface area contributed by atoms with Crippen LogP contribution in [-0.4, -0.2) is 23.0 Å². The first-order valence-corrected chi connectivity index (χ1v) is 7.34. The molecular weight excluding hydrogens is 357 g/mol. The second kappa shape index (κ2) is 7.47. The minimum Gasteiger partial charge on any atom is -0.480 e. The summed E-state index contributed by atoms with van der Waals surface area (Å²) in [6.45, 7) is 3.91. The van der Waals surface area contributed by atoms with Crippen molar-refractivity contribution in [3.05, 3.63) is 32.9 Å². The molecule has 0 spiro atoms. The highest BCUT2D eigenvalue weighted by molar-refractivity contribution is 14.1. The molecule has 0 heterocycles. The highest BCUT2D eigenvalue weighted by atomic mass is 127. The number of amides is 1. The molecule has 0 radical (unpaired) electrons. The van der Waals surface area contributed by atoms with Crippen LogP contribution in [0.25, 0.3) is 0 Å². The lowest BCUT2D eigenvalue weighted by atomic mass is 10.1. The van der Waals surface area contributed by atoms with Gasteiger partial charge in [0.25, 0.3) is 5.91 Å². The molecule has 1 aromatic rings. The van der Waals surface area contributed by atoms with Crippen LogP contribution in [0.4, 0.5) is 0 Å². The maximum absolute atomic E-state index is 12.1. The van der Waals surface area contributed by atoms with Gasteiger partial charge in [0, 0.05) is 3.57 Å². The molecule has 1 aromatic carbocycles. The maximum atomic E-state index is 12.1. The lowest BCUT2D eigenvalue weighted by molar-refractivity contribution is -0.139. The van der Waals surface area contributed by atoms with E-state index in [-0.39, 0.29) is 5.91 Å². The third-order valence-electron chi connectivity index (χ3n) is 2.89. The van der Waals surface area contributed by atoms with Gasteiger partial charge in [0.2, 0.25) is 0 Å². The summed E-state index contributed by atoms with van der Waals surface area (Å²) in [6, 6.07) is 4.62. The molecule has 5 heteroatoms. The topological polar surface area (TPSA) is 66.4 Å². The van der Waals surface area contributed by atoms with Crippen molar-refractivity contribution >= 4 is 34.5 Å². The van der Waals surface area contributed by atoms with Crippen LogP contribution in [0.15, 0.2) is 18.2 Å². The molecule has 19 heavy (non-hydrogen) atoms. The standard InChI is InChI=1S/C14H18INO3/c1-3-4-8-11(14(18)19)16-13(17)10-7-5-6-9(2)12(10)15/h5-7,11H,3-4,8H2,1-2H3,(H,16,17)(H,18,19)/t11-/m0/s1. The van der Waals surface area contributed by atoms with Crippen LogP contribution in [0.3, 0.4) is 0 Å². The Kier molecular flexibility index (Phi) is 6.27. The van der Waals surface area contributed by atoms with E-state index in [1.807, 2.05) is 19.9 Å². The quantitative estimate of drug-likeness (QED) is 0.752. The Bertz CT molecular complexity index is 474. The summed E-state index contributed by atoms with van der Waals surface area (Å²) < 4.78 is 0.859. The van der Waals surface area contributed by atoms with E-state index in [9.17, 15) is 9.59 Å². The molecule has 1 amide bonds. The first-order valence-electron chi connectivity index (χ1n) is 6.26. The monoisotopic (exact) mass is 375 g/mol. The summed E-state index contributed by atoms with van der Waals surface area (Å²) in [4.78, 5) is 23.2. The number of nitrogens with one attached hydrogen (secondary N) is 1. The van der Waals surface area contributed by atoms with Crippen LogP contribution in [0.5, 0.6) is 0 Å². The molecule has 0 bridgehead atoms. The molecule has 0 aliphatic rings. The zero-order valence-electron chi connectivity index (χ0n) is 11.1. The summed E-state index contributed by atoms with van der Waals surface area (Å²) >= 11 is 2.10. The second-order valence-electron chi connectivity index (χ2n) is 4.44. The molecule has 2 N–H and O–H groups in total. The number of hydrogen-bond acceptors (Lipinski definition) is 2. The summed E-state index contributed by atoms with van der Waals surface area (Å²) in [5.41, 5.74) is 1.54. The van der Waals surface area contributed by atoms with Gasteiger partial charge in [0.15, 0.2) is 0 Å². The van der Waals surface area contributed by atoms with Crippen LogP contribution in [0.2, 0.25) is 0 Å². The summed E-state index contributed by atoms with van der Waals surface area (Å²) in [5, 5.41) is 11.7. The number of rotatable bonds is 6. The number of hydrogen-bond donors (Lipinski definition) is 2. The number of benzene rings is 1. The van der Waals surface area contributed by atoms with Gasteiger partial charge in [-0.15, -0.1) is 0 Å². The van der Waals surface area contributed by atoms with Crippen molar-refractivity contribution in [3.63, 3.8) is 0 Å². The smallest absolute Gasteiger partial charge is 0.326 e. The Morgan fingerprint density at radius 3 is 2.68 bits per heavy atom. The van der Waals surface area contributed by atoms with Gasteiger partial charge in [0.05, 0.1) is 5.56 Å². The lowest BCUT2D eigenvalue weighted by Gasteiger charge is -2.15. The van der Waals surface area contributed by atoms with Gasteiger partial charge in [0.1, 0.15) is 6.04 Å². The largest absolute Gasteiger partial charge is 0.480 e. The SMILES string of the molecule is CCCC[C@H](NC(=O)c1cccc(C)c1I)C(=O)O. The predicted molar refractivity (Wildman–Crippen MR) is 82.3 cm³/mol. The van der Waals surface area contributed by atoms with Crippen molar-refractivity contribution in [2.75, 3.05) is 0 Å².